The number of unbranched alkanes of at least 4 members (excludes halogenated alkanes) is 20. The monoisotopic (exact) mass is 1470 g/mol. The first kappa shape index (κ1) is 96.7. The van der Waals surface area contributed by atoms with Gasteiger partial charge in [0.1, 0.15) is 19.3 Å². The Hall–Kier alpha value is -5.32. The molecule has 5 atom stereocenters. The molecule has 0 saturated heterocycles. The Morgan fingerprint density at radius 3 is 0.912 bits per heavy atom. The van der Waals surface area contributed by atoms with Gasteiger partial charge in [0.15, 0.2) is 12.2 Å². The number of esters is 4. The summed E-state index contributed by atoms with van der Waals surface area (Å²) < 4.78 is 68.3. The Morgan fingerprint density at radius 2 is 0.559 bits per heavy atom. The number of phosphoric acid groups is 2. The maximum absolute atomic E-state index is 13.1. The third kappa shape index (κ3) is 73.0. The van der Waals surface area contributed by atoms with E-state index < -0.39 is 97.5 Å². The van der Waals surface area contributed by atoms with Crippen molar-refractivity contribution in [2.45, 2.75) is 303 Å². The molecule has 0 amide bonds. The number of allylic oxidation sites excluding steroid dienone is 25. The van der Waals surface area contributed by atoms with Crippen molar-refractivity contribution < 1.29 is 80.2 Å². The molecule has 0 aliphatic heterocycles. The second-order valence-corrected chi connectivity index (χ2v) is 28.1. The molecule has 0 rings (SSSR count). The van der Waals surface area contributed by atoms with Gasteiger partial charge in [-0.3, -0.25) is 37.3 Å². The van der Waals surface area contributed by atoms with Crippen LogP contribution in [0.3, 0.4) is 0 Å². The number of carbonyl (C=O) groups excluding carboxylic acids is 4. The van der Waals surface area contributed by atoms with Crippen molar-refractivity contribution in [1.29, 1.82) is 0 Å². The third-order valence-corrected chi connectivity index (χ3v) is 17.4. The molecule has 0 aromatic carbocycles. The first-order chi connectivity index (χ1) is 49.7. The van der Waals surface area contributed by atoms with E-state index in [1.165, 1.54) is 51.4 Å². The number of hydrogen-bond donors (Lipinski definition) is 3. The van der Waals surface area contributed by atoms with Crippen LogP contribution in [0.4, 0.5) is 0 Å². The fraction of sp³-hybridized carbons (Fsp3) is 0.639. The number of aliphatic hydroxyl groups excluding tert-OH is 1. The molecular formula is C83H136O17P2. The lowest BCUT2D eigenvalue weighted by Crippen LogP contribution is -2.30. The van der Waals surface area contributed by atoms with Gasteiger partial charge in [-0.1, -0.05) is 295 Å². The van der Waals surface area contributed by atoms with Gasteiger partial charge >= 0.3 is 39.5 Å². The Labute approximate surface area is 617 Å². The van der Waals surface area contributed by atoms with E-state index >= 15 is 0 Å². The van der Waals surface area contributed by atoms with E-state index in [4.69, 9.17) is 37.0 Å². The summed E-state index contributed by atoms with van der Waals surface area (Å²) in [6, 6.07) is 0. The molecule has 0 fully saturated rings. The molecule has 19 heteroatoms. The van der Waals surface area contributed by atoms with Gasteiger partial charge in [0.2, 0.25) is 0 Å². The Kier molecular flexibility index (Phi) is 70.1. The van der Waals surface area contributed by atoms with Crippen LogP contribution in [-0.4, -0.2) is 96.7 Å². The summed E-state index contributed by atoms with van der Waals surface area (Å²) in [6.45, 7) is 4.33. The molecule has 102 heavy (non-hydrogen) atoms. The molecule has 0 aromatic heterocycles. The lowest BCUT2D eigenvalue weighted by Gasteiger charge is -2.21. The zero-order chi connectivity index (χ0) is 74.6. The highest BCUT2D eigenvalue weighted by atomic mass is 31.2. The van der Waals surface area contributed by atoms with E-state index in [1.807, 2.05) is 24.3 Å². The van der Waals surface area contributed by atoms with E-state index in [0.29, 0.717) is 32.1 Å². The first-order valence-corrected chi connectivity index (χ1v) is 41.7. The van der Waals surface area contributed by atoms with Gasteiger partial charge in [-0.2, -0.15) is 0 Å². The normalized spacial score (nSPS) is 14.8. The molecule has 0 bridgehead atoms. The minimum absolute atomic E-state index is 0.0784. The first-order valence-electron chi connectivity index (χ1n) is 38.7. The summed E-state index contributed by atoms with van der Waals surface area (Å²) in [7, 11) is -10.0. The largest absolute Gasteiger partial charge is 0.472 e. The van der Waals surface area contributed by atoms with Crippen molar-refractivity contribution in [3.63, 3.8) is 0 Å². The standard InChI is InChI=1S/C83H136O17P2/c1-5-9-13-17-21-25-29-33-36-38-41-44-47-51-55-59-63-67-80(85)93-73-78(99-82(87)69-65-61-57-53-49-43-32-28-24-20-16-12-8-4)75-97-101(89,90)95-71-77(84)72-96-102(91,92)98-76-79(100-83(88)70-66-62-58-54-50-46-40-35-31-27-23-19-15-11-7-3)74-94-81(86)68-64-60-56-52-48-45-42-39-37-34-30-26-22-18-14-10-6-2/h9-11,13-15,21-23,25-27,33-37,40-41,44,50-51,54-55,62,66,77-79,84H,5-8,12,16-20,24,28-32,38-39,42-43,45-49,52-53,56-61,63-65,67-76H2,1-4H3,(H,89,90)(H,91,92)/b13-9-,14-10-,15-11-,25-21-,26-22-,27-23-,36-33-,37-34-,40-35-,44-41-,54-50-,55-51-,66-62-. The number of rotatable bonds is 71. The van der Waals surface area contributed by atoms with Crippen LogP contribution < -0.4 is 0 Å². The second-order valence-electron chi connectivity index (χ2n) is 25.2. The van der Waals surface area contributed by atoms with Crippen LogP contribution in [0.1, 0.15) is 285 Å². The maximum atomic E-state index is 13.1. The molecule has 580 valence electrons. The molecule has 3 N–H and O–H groups in total. The number of carbonyl (C=O) groups is 4. The summed E-state index contributed by atoms with van der Waals surface area (Å²) in [5, 5.41) is 10.6. The van der Waals surface area contributed by atoms with Crippen molar-refractivity contribution in [2.24, 2.45) is 0 Å². The number of hydrogen-bond acceptors (Lipinski definition) is 15. The molecule has 0 aromatic rings. The highest BCUT2D eigenvalue weighted by Gasteiger charge is 2.30. The van der Waals surface area contributed by atoms with Gasteiger partial charge in [0.25, 0.3) is 0 Å². The predicted octanol–water partition coefficient (Wildman–Crippen LogP) is 22.4. The van der Waals surface area contributed by atoms with E-state index in [2.05, 4.69) is 149 Å². The van der Waals surface area contributed by atoms with Crippen LogP contribution >= 0.6 is 15.6 Å². The van der Waals surface area contributed by atoms with Crippen molar-refractivity contribution >= 4 is 39.5 Å². The van der Waals surface area contributed by atoms with Crippen LogP contribution in [0.2, 0.25) is 0 Å². The maximum Gasteiger partial charge on any atom is 0.472 e. The zero-order valence-corrected chi connectivity index (χ0v) is 65.0. The zero-order valence-electron chi connectivity index (χ0n) is 63.2. The van der Waals surface area contributed by atoms with Gasteiger partial charge in [0.05, 0.1) is 32.8 Å². The molecule has 0 radical (unpaired) electrons. The molecule has 0 spiro atoms. The lowest BCUT2D eigenvalue weighted by atomic mass is 10.0. The number of ether oxygens (including phenoxy) is 4. The van der Waals surface area contributed by atoms with Gasteiger partial charge in [-0.15, -0.1) is 0 Å². The van der Waals surface area contributed by atoms with Crippen molar-refractivity contribution in [3.05, 3.63) is 158 Å². The van der Waals surface area contributed by atoms with E-state index in [9.17, 15) is 43.2 Å². The highest BCUT2D eigenvalue weighted by Crippen LogP contribution is 2.45. The molecule has 0 aliphatic carbocycles. The van der Waals surface area contributed by atoms with Gasteiger partial charge in [-0.25, -0.2) is 9.13 Å². The minimum atomic E-state index is -5.01. The SMILES string of the molecule is CC/C=C\C/C=C\C/C=C\C/C=C\C/C=C\CCCC(=O)OCC(COP(=O)(O)OCC(O)COP(=O)(O)OCC(COC(=O)CCCCCCCCC/C=C\C/C=C\C/C=C\CC)OC(=O)C/C=C\C/C=C\C/C=C\C/C=C\C/C=C\CC)OC(=O)CCCCCCCCCCCCCCC. The van der Waals surface area contributed by atoms with Gasteiger partial charge in [0, 0.05) is 19.3 Å². The van der Waals surface area contributed by atoms with E-state index in [1.54, 1.807) is 12.2 Å². The highest BCUT2D eigenvalue weighted by molar-refractivity contribution is 7.47. The average molecular weight is 1470 g/mol. The van der Waals surface area contributed by atoms with Crippen molar-refractivity contribution in [2.75, 3.05) is 39.6 Å². The number of phosphoric ester groups is 2. The molecule has 17 nitrogen and oxygen atoms in total. The van der Waals surface area contributed by atoms with Crippen molar-refractivity contribution in [1.82, 2.24) is 0 Å². The third-order valence-electron chi connectivity index (χ3n) is 15.5. The Balaban J connectivity index is 5.47. The number of aliphatic hydroxyl groups is 1. The van der Waals surface area contributed by atoms with E-state index in [-0.39, 0.29) is 25.7 Å². The smallest absolute Gasteiger partial charge is 0.462 e. The summed E-state index contributed by atoms with van der Waals surface area (Å²) in [5.41, 5.74) is 0. The minimum Gasteiger partial charge on any atom is -0.462 e. The van der Waals surface area contributed by atoms with Crippen LogP contribution in [0, 0.1) is 0 Å². The van der Waals surface area contributed by atoms with Crippen molar-refractivity contribution in [3.8, 4) is 0 Å². The molecular weight excluding hydrogens is 1330 g/mol. The summed E-state index contributed by atoms with van der Waals surface area (Å²) in [5.74, 6) is -2.41. The summed E-state index contributed by atoms with van der Waals surface area (Å²) in [6.07, 6.45) is 85.6. The van der Waals surface area contributed by atoms with Crippen LogP contribution in [0.15, 0.2) is 158 Å². The summed E-state index contributed by atoms with van der Waals surface area (Å²) >= 11 is 0. The fourth-order valence-electron chi connectivity index (χ4n) is 9.76. The molecule has 0 aliphatic rings. The van der Waals surface area contributed by atoms with Gasteiger partial charge < -0.3 is 33.8 Å². The Bertz CT molecular complexity index is 2550. The predicted molar refractivity (Wildman–Crippen MR) is 417 cm³/mol. The fourth-order valence-corrected chi connectivity index (χ4v) is 11.3. The Morgan fingerprint density at radius 1 is 0.294 bits per heavy atom. The second kappa shape index (κ2) is 74.0. The van der Waals surface area contributed by atoms with E-state index in [0.717, 1.165) is 148 Å². The van der Waals surface area contributed by atoms with Crippen LogP contribution in [-0.2, 0) is 65.4 Å². The molecule has 0 saturated carbocycles. The average Bonchev–Trinajstić information content (AvgIpc) is 0.908. The molecule has 5 unspecified atom stereocenters. The molecule has 0 heterocycles. The summed E-state index contributed by atoms with van der Waals surface area (Å²) in [4.78, 5) is 72.8. The van der Waals surface area contributed by atoms with Gasteiger partial charge in [-0.05, 0) is 122 Å². The van der Waals surface area contributed by atoms with Crippen LogP contribution in [0.5, 0.6) is 0 Å². The topological polar surface area (TPSA) is 237 Å². The van der Waals surface area contributed by atoms with Crippen LogP contribution in [0.25, 0.3) is 0 Å². The quantitative estimate of drug-likeness (QED) is 0.0169. The lowest BCUT2D eigenvalue weighted by molar-refractivity contribution is -0.161.